The van der Waals surface area contributed by atoms with Crippen LogP contribution < -0.4 is 4.90 Å². The molecule has 0 aliphatic carbocycles. The van der Waals surface area contributed by atoms with Crippen molar-refractivity contribution in [2.75, 3.05) is 4.90 Å². The van der Waals surface area contributed by atoms with E-state index in [1.165, 1.54) is 55.3 Å². The molecule has 0 aliphatic rings. The maximum atomic E-state index is 6.97. The first kappa shape index (κ1) is 31.6. The van der Waals surface area contributed by atoms with Crippen LogP contribution >= 0.6 is 0 Å². The first-order chi connectivity index (χ1) is 26.8. The molecule has 0 saturated heterocycles. The summed E-state index contributed by atoms with van der Waals surface area (Å²) in [6.07, 6.45) is 0. The van der Waals surface area contributed by atoms with Gasteiger partial charge in [0.25, 0.3) is 0 Å². The number of para-hydroxylation sites is 1. The summed E-state index contributed by atoms with van der Waals surface area (Å²) in [4.78, 5) is 2.32. The molecule has 0 saturated carbocycles. The van der Waals surface area contributed by atoms with Gasteiger partial charge in [0.15, 0.2) is 5.58 Å². The molecule has 0 N–H and O–H groups in total. The summed E-state index contributed by atoms with van der Waals surface area (Å²) in [6, 6.07) is 75.6. The molecule has 0 unspecified atom stereocenters. The van der Waals surface area contributed by atoms with Crippen molar-refractivity contribution in [2.45, 2.75) is 0 Å². The van der Waals surface area contributed by atoms with Crippen LogP contribution in [0.2, 0.25) is 0 Å². The second kappa shape index (κ2) is 13.4. The molecule has 1 heterocycles. The Hall–Kier alpha value is -7.16. The zero-order valence-corrected chi connectivity index (χ0v) is 29.6. The molecular formula is C52H35NO. The summed E-state index contributed by atoms with van der Waals surface area (Å²) in [5, 5.41) is 4.63. The van der Waals surface area contributed by atoms with E-state index < -0.39 is 0 Å². The highest BCUT2D eigenvalue weighted by molar-refractivity contribution is 6.23. The van der Waals surface area contributed by atoms with Gasteiger partial charge >= 0.3 is 0 Å². The fourth-order valence-corrected chi connectivity index (χ4v) is 7.83. The standard InChI is InChI=1S/C52H35NO/c1-4-13-36(14-5-1)38-23-25-39(26-24-38)41-29-33-44(34-30-41)53(43-31-27-40(28-32-43)37-15-6-2-7-16-37)49-22-12-21-47-51-46-20-11-10-19-45(46)48(35-50(51)54-52(47)49)42-17-8-3-9-18-42/h1-35H. The van der Waals surface area contributed by atoms with E-state index in [0.29, 0.717) is 0 Å². The second-order valence-corrected chi connectivity index (χ2v) is 13.7. The molecule has 0 aliphatic heterocycles. The normalized spacial score (nSPS) is 11.3. The first-order valence-corrected chi connectivity index (χ1v) is 18.4. The molecule has 10 rings (SSSR count). The third-order valence-corrected chi connectivity index (χ3v) is 10.5. The van der Waals surface area contributed by atoms with Gasteiger partial charge in [-0.1, -0.05) is 176 Å². The van der Waals surface area contributed by atoms with E-state index in [1.54, 1.807) is 0 Å². The van der Waals surface area contributed by atoms with Crippen LogP contribution in [-0.4, -0.2) is 0 Å². The summed E-state index contributed by atoms with van der Waals surface area (Å²) in [5.41, 5.74) is 14.3. The molecule has 54 heavy (non-hydrogen) atoms. The van der Waals surface area contributed by atoms with E-state index in [1.807, 2.05) is 0 Å². The molecule has 9 aromatic carbocycles. The van der Waals surface area contributed by atoms with Gasteiger partial charge in [-0.05, 0) is 91.7 Å². The summed E-state index contributed by atoms with van der Waals surface area (Å²) >= 11 is 0. The van der Waals surface area contributed by atoms with Crippen molar-refractivity contribution in [3.63, 3.8) is 0 Å². The lowest BCUT2D eigenvalue weighted by molar-refractivity contribution is 0.669. The van der Waals surface area contributed by atoms with Gasteiger partial charge in [0.05, 0.1) is 5.69 Å². The van der Waals surface area contributed by atoms with E-state index in [2.05, 4.69) is 217 Å². The van der Waals surface area contributed by atoms with E-state index in [4.69, 9.17) is 4.42 Å². The van der Waals surface area contributed by atoms with Gasteiger partial charge in [-0.2, -0.15) is 0 Å². The molecule has 0 spiro atoms. The second-order valence-electron chi connectivity index (χ2n) is 13.7. The zero-order chi connectivity index (χ0) is 35.8. The minimum Gasteiger partial charge on any atom is -0.454 e. The molecule has 0 atom stereocenters. The number of hydrogen-bond donors (Lipinski definition) is 0. The lowest BCUT2D eigenvalue weighted by atomic mass is 9.95. The van der Waals surface area contributed by atoms with E-state index in [9.17, 15) is 0 Å². The molecular weight excluding hydrogens is 655 g/mol. The highest BCUT2D eigenvalue weighted by Gasteiger charge is 2.22. The van der Waals surface area contributed by atoms with Gasteiger partial charge in [0.1, 0.15) is 5.58 Å². The molecule has 0 radical (unpaired) electrons. The third kappa shape index (κ3) is 5.62. The van der Waals surface area contributed by atoms with Crippen molar-refractivity contribution in [1.29, 1.82) is 0 Å². The molecule has 0 fully saturated rings. The topological polar surface area (TPSA) is 16.4 Å². The van der Waals surface area contributed by atoms with Crippen LogP contribution in [0, 0.1) is 0 Å². The Morgan fingerprint density at radius 2 is 0.722 bits per heavy atom. The van der Waals surface area contributed by atoms with Crippen LogP contribution in [0.3, 0.4) is 0 Å². The monoisotopic (exact) mass is 689 g/mol. The largest absolute Gasteiger partial charge is 0.454 e. The summed E-state index contributed by atoms with van der Waals surface area (Å²) < 4.78 is 6.97. The Morgan fingerprint density at radius 3 is 1.24 bits per heavy atom. The van der Waals surface area contributed by atoms with Crippen LogP contribution in [0.25, 0.3) is 77.2 Å². The summed E-state index contributed by atoms with van der Waals surface area (Å²) in [6.45, 7) is 0. The van der Waals surface area contributed by atoms with Crippen molar-refractivity contribution in [3.05, 3.63) is 212 Å². The molecule has 254 valence electrons. The molecule has 0 bridgehead atoms. The number of benzene rings is 9. The number of rotatable bonds is 7. The van der Waals surface area contributed by atoms with Crippen LogP contribution in [0.4, 0.5) is 17.1 Å². The van der Waals surface area contributed by atoms with Gasteiger partial charge in [-0.25, -0.2) is 0 Å². The van der Waals surface area contributed by atoms with Crippen molar-refractivity contribution in [2.24, 2.45) is 0 Å². The van der Waals surface area contributed by atoms with Gasteiger partial charge in [0, 0.05) is 22.1 Å². The molecule has 2 nitrogen and oxygen atoms in total. The van der Waals surface area contributed by atoms with Crippen LogP contribution in [0.15, 0.2) is 217 Å². The van der Waals surface area contributed by atoms with E-state index in [0.717, 1.165) is 39.0 Å². The smallest absolute Gasteiger partial charge is 0.159 e. The maximum Gasteiger partial charge on any atom is 0.159 e. The van der Waals surface area contributed by atoms with E-state index in [-0.39, 0.29) is 0 Å². The minimum atomic E-state index is 0.857. The third-order valence-electron chi connectivity index (χ3n) is 10.5. The predicted molar refractivity (Wildman–Crippen MR) is 228 cm³/mol. The zero-order valence-electron chi connectivity index (χ0n) is 29.6. The van der Waals surface area contributed by atoms with Crippen molar-refractivity contribution < 1.29 is 4.42 Å². The number of anilines is 3. The van der Waals surface area contributed by atoms with Gasteiger partial charge in [-0.15, -0.1) is 0 Å². The summed E-state index contributed by atoms with van der Waals surface area (Å²) in [7, 11) is 0. The highest BCUT2D eigenvalue weighted by Crippen LogP contribution is 2.46. The lowest BCUT2D eigenvalue weighted by Crippen LogP contribution is -2.10. The quantitative estimate of drug-likeness (QED) is 0.166. The van der Waals surface area contributed by atoms with Crippen molar-refractivity contribution >= 4 is 49.8 Å². The van der Waals surface area contributed by atoms with Crippen LogP contribution in [0.5, 0.6) is 0 Å². The van der Waals surface area contributed by atoms with Crippen LogP contribution in [-0.2, 0) is 0 Å². The average molecular weight is 690 g/mol. The van der Waals surface area contributed by atoms with Crippen molar-refractivity contribution in [3.8, 4) is 44.5 Å². The number of hydrogen-bond acceptors (Lipinski definition) is 2. The molecule has 1 aromatic heterocycles. The Labute approximate surface area is 314 Å². The van der Waals surface area contributed by atoms with E-state index >= 15 is 0 Å². The Kier molecular flexibility index (Phi) is 7.85. The lowest BCUT2D eigenvalue weighted by Gasteiger charge is -2.26. The predicted octanol–water partition coefficient (Wildman–Crippen LogP) is 14.9. The van der Waals surface area contributed by atoms with Gasteiger partial charge < -0.3 is 9.32 Å². The minimum absolute atomic E-state index is 0.857. The van der Waals surface area contributed by atoms with Crippen LogP contribution in [0.1, 0.15) is 0 Å². The first-order valence-electron chi connectivity index (χ1n) is 18.4. The molecule has 2 heteroatoms. The average Bonchev–Trinajstić information content (AvgIpc) is 3.65. The number of fused-ring (bicyclic) bond motifs is 5. The van der Waals surface area contributed by atoms with Gasteiger partial charge in [-0.3, -0.25) is 0 Å². The number of nitrogens with zero attached hydrogens (tertiary/aromatic N) is 1. The fourth-order valence-electron chi connectivity index (χ4n) is 7.83. The Morgan fingerprint density at radius 1 is 0.315 bits per heavy atom. The molecule has 0 amide bonds. The highest BCUT2D eigenvalue weighted by atomic mass is 16.3. The maximum absolute atomic E-state index is 6.97. The van der Waals surface area contributed by atoms with Crippen molar-refractivity contribution in [1.82, 2.24) is 0 Å². The Balaban J connectivity index is 1.12. The fraction of sp³-hybridized carbons (Fsp3) is 0. The Bertz CT molecular complexity index is 2880. The van der Waals surface area contributed by atoms with Gasteiger partial charge in [0.2, 0.25) is 0 Å². The molecule has 10 aromatic rings. The SMILES string of the molecule is c1ccc(-c2ccc(-c3ccc(N(c4ccc(-c5ccccc5)cc4)c4cccc5c4oc4cc(-c6ccccc6)c6ccccc6c45)cc3)cc2)cc1. The summed E-state index contributed by atoms with van der Waals surface area (Å²) in [5.74, 6) is 0. The number of furan rings is 1.